The minimum absolute atomic E-state index is 0.191. The largest absolute Gasteiger partial charge is 0.370 e. The van der Waals surface area contributed by atoms with Crippen LogP contribution in [0, 0.1) is 12.7 Å². The van der Waals surface area contributed by atoms with Crippen molar-refractivity contribution in [2.45, 2.75) is 40.0 Å². The second-order valence-corrected chi connectivity index (χ2v) is 5.53. The number of rotatable bonds is 5. The van der Waals surface area contributed by atoms with Crippen LogP contribution < -0.4 is 5.32 Å². The number of nitrogens with zero attached hydrogens (tertiary/aromatic N) is 2. The topological polar surface area (TPSA) is 37.8 Å². The highest BCUT2D eigenvalue weighted by molar-refractivity contribution is 5.69. The third-order valence-corrected chi connectivity index (χ3v) is 3.44. The summed E-state index contributed by atoms with van der Waals surface area (Å²) in [6.45, 7) is 9.00. The summed E-state index contributed by atoms with van der Waals surface area (Å²) < 4.78 is 13.5. The zero-order chi connectivity index (χ0) is 15.4. The average molecular weight is 287 g/mol. The van der Waals surface area contributed by atoms with Crippen LogP contribution in [0.15, 0.2) is 24.5 Å². The van der Waals surface area contributed by atoms with E-state index in [1.165, 1.54) is 6.07 Å². The molecule has 0 bridgehead atoms. The molecule has 0 saturated carbocycles. The number of anilines is 1. The maximum absolute atomic E-state index is 13.5. The lowest BCUT2D eigenvalue weighted by Gasteiger charge is -2.17. The Morgan fingerprint density at radius 1 is 1.24 bits per heavy atom. The van der Waals surface area contributed by atoms with Gasteiger partial charge in [-0.25, -0.2) is 14.4 Å². The summed E-state index contributed by atoms with van der Waals surface area (Å²) in [4.78, 5) is 8.80. The summed E-state index contributed by atoms with van der Waals surface area (Å²) in [7, 11) is 0. The number of benzene rings is 1. The van der Waals surface area contributed by atoms with Crippen molar-refractivity contribution in [2.75, 3.05) is 11.9 Å². The Morgan fingerprint density at radius 2 is 2.00 bits per heavy atom. The minimum atomic E-state index is -0.191. The molecule has 1 aromatic heterocycles. The summed E-state index contributed by atoms with van der Waals surface area (Å²) in [6.07, 6.45) is 2.60. The maximum atomic E-state index is 13.5. The lowest BCUT2D eigenvalue weighted by atomic mass is 9.96. The van der Waals surface area contributed by atoms with Gasteiger partial charge in [0.05, 0.1) is 5.69 Å². The maximum Gasteiger partial charge on any atom is 0.133 e. The van der Waals surface area contributed by atoms with Gasteiger partial charge in [0.25, 0.3) is 0 Å². The molecule has 4 heteroatoms. The summed E-state index contributed by atoms with van der Waals surface area (Å²) in [5.74, 6) is 0.966. The summed E-state index contributed by atoms with van der Waals surface area (Å²) in [5, 5.41) is 3.36. The quantitative estimate of drug-likeness (QED) is 0.877. The van der Waals surface area contributed by atoms with Crippen molar-refractivity contribution in [1.82, 2.24) is 9.97 Å². The van der Waals surface area contributed by atoms with Crippen molar-refractivity contribution < 1.29 is 4.39 Å². The summed E-state index contributed by atoms with van der Waals surface area (Å²) in [6, 6.07) is 5.11. The van der Waals surface area contributed by atoms with E-state index >= 15 is 0 Å². The van der Waals surface area contributed by atoms with Gasteiger partial charge in [-0.3, -0.25) is 0 Å². The van der Waals surface area contributed by atoms with E-state index in [0.717, 1.165) is 35.6 Å². The second-order valence-electron chi connectivity index (χ2n) is 5.53. The lowest BCUT2D eigenvalue weighted by Crippen LogP contribution is -2.09. The molecule has 2 aromatic rings. The van der Waals surface area contributed by atoms with Gasteiger partial charge in [-0.2, -0.15) is 0 Å². The van der Waals surface area contributed by atoms with Crippen LogP contribution >= 0.6 is 0 Å². The molecular formula is C17H22FN3. The van der Waals surface area contributed by atoms with Gasteiger partial charge in [0.1, 0.15) is 18.0 Å². The SMILES string of the molecule is CCCNc1ncnc(-c2ccc(F)c(C)c2)c1C(C)C. The molecule has 3 nitrogen and oxygen atoms in total. The molecule has 1 aromatic carbocycles. The second kappa shape index (κ2) is 6.66. The Bertz CT molecular complexity index is 623. The number of hydrogen-bond acceptors (Lipinski definition) is 3. The van der Waals surface area contributed by atoms with Crippen LogP contribution in [-0.2, 0) is 0 Å². The normalized spacial score (nSPS) is 11.0. The lowest BCUT2D eigenvalue weighted by molar-refractivity contribution is 0.618. The van der Waals surface area contributed by atoms with E-state index in [9.17, 15) is 4.39 Å². The first-order valence-electron chi connectivity index (χ1n) is 7.39. The molecule has 0 spiro atoms. The molecule has 0 fully saturated rings. The van der Waals surface area contributed by atoms with Crippen LogP contribution in [0.3, 0.4) is 0 Å². The number of aryl methyl sites for hydroxylation is 1. The smallest absolute Gasteiger partial charge is 0.133 e. The first-order valence-corrected chi connectivity index (χ1v) is 7.39. The van der Waals surface area contributed by atoms with E-state index in [4.69, 9.17) is 0 Å². The minimum Gasteiger partial charge on any atom is -0.370 e. The van der Waals surface area contributed by atoms with Crippen LogP contribution in [-0.4, -0.2) is 16.5 Å². The highest BCUT2D eigenvalue weighted by Crippen LogP contribution is 2.32. The Labute approximate surface area is 125 Å². The molecule has 1 N–H and O–H groups in total. The van der Waals surface area contributed by atoms with Gasteiger partial charge in [0, 0.05) is 17.7 Å². The van der Waals surface area contributed by atoms with E-state index in [1.54, 1.807) is 19.3 Å². The fourth-order valence-corrected chi connectivity index (χ4v) is 2.35. The van der Waals surface area contributed by atoms with Crippen molar-refractivity contribution in [1.29, 1.82) is 0 Å². The van der Waals surface area contributed by atoms with Gasteiger partial charge >= 0.3 is 0 Å². The monoisotopic (exact) mass is 287 g/mol. The zero-order valence-electron chi connectivity index (χ0n) is 13.1. The molecule has 21 heavy (non-hydrogen) atoms. The third-order valence-electron chi connectivity index (χ3n) is 3.44. The molecule has 1 heterocycles. The number of aromatic nitrogens is 2. The Balaban J connectivity index is 2.54. The summed E-state index contributed by atoms with van der Waals surface area (Å²) >= 11 is 0. The molecule has 0 aliphatic carbocycles. The first-order chi connectivity index (χ1) is 10.0. The highest BCUT2D eigenvalue weighted by atomic mass is 19.1. The van der Waals surface area contributed by atoms with Crippen molar-refractivity contribution in [3.63, 3.8) is 0 Å². The van der Waals surface area contributed by atoms with Crippen molar-refractivity contribution in [3.8, 4) is 11.3 Å². The fourth-order valence-electron chi connectivity index (χ4n) is 2.35. The summed E-state index contributed by atoms with van der Waals surface area (Å²) in [5.41, 5.74) is 3.52. The van der Waals surface area contributed by atoms with Gasteiger partial charge in [0.2, 0.25) is 0 Å². The van der Waals surface area contributed by atoms with Gasteiger partial charge in [-0.05, 0) is 43.0 Å². The van der Waals surface area contributed by atoms with Gasteiger partial charge in [0.15, 0.2) is 0 Å². The molecule has 0 aliphatic rings. The van der Waals surface area contributed by atoms with Gasteiger partial charge in [-0.1, -0.05) is 20.8 Å². The van der Waals surface area contributed by atoms with E-state index in [-0.39, 0.29) is 11.7 Å². The molecule has 0 amide bonds. The zero-order valence-corrected chi connectivity index (χ0v) is 13.1. The van der Waals surface area contributed by atoms with Gasteiger partial charge < -0.3 is 5.32 Å². The van der Waals surface area contributed by atoms with E-state index in [1.807, 2.05) is 6.07 Å². The molecule has 0 atom stereocenters. The standard InChI is InChI=1S/C17H22FN3/c1-5-8-19-17-15(11(2)3)16(20-10-21-17)13-6-7-14(18)12(4)9-13/h6-7,9-11H,5,8H2,1-4H3,(H,19,20,21). The first kappa shape index (κ1) is 15.4. The molecule has 0 unspecified atom stereocenters. The van der Waals surface area contributed by atoms with Crippen molar-refractivity contribution in [2.24, 2.45) is 0 Å². The van der Waals surface area contributed by atoms with Crippen LogP contribution in [0.1, 0.15) is 44.2 Å². The van der Waals surface area contributed by atoms with Crippen molar-refractivity contribution in [3.05, 3.63) is 41.5 Å². The number of hydrogen-bond donors (Lipinski definition) is 1. The Hall–Kier alpha value is -1.97. The molecule has 112 valence electrons. The molecule has 0 aliphatic heterocycles. The van der Waals surface area contributed by atoms with Crippen LogP contribution in [0.2, 0.25) is 0 Å². The molecule has 0 radical (unpaired) electrons. The van der Waals surface area contributed by atoms with Gasteiger partial charge in [-0.15, -0.1) is 0 Å². The average Bonchev–Trinajstić information content (AvgIpc) is 2.47. The van der Waals surface area contributed by atoms with Crippen molar-refractivity contribution >= 4 is 5.82 Å². The Kier molecular flexibility index (Phi) is 4.89. The highest BCUT2D eigenvalue weighted by Gasteiger charge is 2.16. The Morgan fingerprint density at radius 3 is 2.62 bits per heavy atom. The predicted molar refractivity (Wildman–Crippen MR) is 85.0 cm³/mol. The van der Waals surface area contributed by atoms with Crippen LogP contribution in [0.5, 0.6) is 0 Å². The van der Waals surface area contributed by atoms with Crippen LogP contribution in [0.25, 0.3) is 11.3 Å². The molecule has 0 saturated heterocycles. The van der Waals surface area contributed by atoms with Crippen LogP contribution in [0.4, 0.5) is 10.2 Å². The van der Waals surface area contributed by atoms with E-state index in [0.29, 0.717) is 5.56 Å². The number of halogens is 1. The molecule has 2 rings (SSSR count). The fraction of sp³-hybridized carbons (Fsp3) is 0.412. The third kappa shape index (κ3) is 3.38. The molecular weight excluding hydrogens is 265 g/mol. The van der Waals surface area contributed by atoms with E-state index in [2.05, 4.69) is 36.1 Å². The van der Waals surface area contributed by atoms with E-state index < -0.39 is 0 Å². The predicted octanol–water partition coefficient (Wildman–Crippen LogP) is 4.54. The number of nitrogens with one attached hydrogen (secondary N) is 1.